The Labute approximate surface area is 114 Å². The first-order valence-electron chi connectivity index (χ1n) is 6.16. The zero-order valence-corrected chi connectivity index (χ0v) is 11.0. The summed E-state index contributed by atoms with van der Waals surface area (Å²) in [5.41, 5.74) is 2.14. The van der Waals surface area contributed by atoms with E-state index in [0.29, 0.717) is 22.6 Å². The molecule has 0 unspecified atom stereocenters. The maximum absolute atomic E-state index is 12.0. The minimum absolute atomic E-state index is 0.118. The molecule has 4 heteroatoms. The van der Waals surface area contributed by atoms with Crippen molar-refractivity contribution in [2.45, 2.75) is 19.3 Å². The summed E-state index contributed by atoms with van der Waals surface area (Å²) in [5.74, 6) is -0.296. The number of carbonyl (C=O) groups is 2. The minimum atomic E-state index is -0.413. The number of benzene rings is 1. The van der Waals surface area contributed by atoms with Gasteiger partial charge in [0, 0.05) is 12.0 Å². The van der Waals surface area contributed by atoms with Crippen LogP contribution >= 0.6 is 11.3 Å². The molecule has 0 spiro atoms. The van der Waals surface area contributed by atoms with Crippen LogP contribution in [0.1, 0.15) is 39.1 Å². The molecule has 0 amide bonds. The van der Waals surface area contributed by atoms with E-state index in [1.807, 2.05) is 17.5 Å². The molecule has 19 heavy (non-hydrogen) atoms. The lowest BCUT2D eigenvalue weighted by molar-refractivity contribution is 0.0740. The summed E-state index contributed by atoms with van der Waals surface area (Å²) in [6.07, 6.45) is 2.36. The molecule has 1 aliphatic carbocycles. The van der Waals surface area contributed by atoms with Crippen LogP contribution in [0.4, 0.5) is 0 Å². The molecular weight excluding hydrogens is 260 g/mol. The van der Waals surface area contributed by atoms with Crippen LogP contribution in [0.2, 0.25) is 0 Å². The Bertz CT molecular complexity index is 629. The van der Waals surface area contributed by atoms with E-state index in [2.05, 4.69) is 0 Å². The molecule has 0 radical (unpaired) electrons. The Balaban J connectivity index is 1.87. The first kappa shape index (κ1) is 12.1. The van der Waals surface area contributed by atoms with Crippen LogP contribution in [0.5, 0.6) is 5.06 Å². The summed E-state index contributed by atoms with van der Waals surface area (Å²) in [6.45, 7) is 0. The van der Waals surface area contributed by atoms with Gasteiger partial charge in [-0.1, -0.05) is 6.07 Å². The van der Waals surface area contributed by atoms with E-state index in [9.17, 15) is 9.59 Å². The fourth-order valence-electron chi connectivity index (χ4n) is 2.23. The number of hydrogen-bond donors (Lipinski definition) is 0. The number of hydrogen-bond acceptors (Lipinski definition) is 4. The lowest BCUT2D eigenvalue weighted by Crippen LogP contribution is -2.14. The van der Waals surface area contributed by atoms with Gasteiger partial charge in [-0.3, -0.25) is 4.79 Å². The fraction of sp³-hybridized carbons (Fsp3) is 0.200. The average molecular weight is 272 g/mol. The molecule has 0 saturated heterocycles. The van der Waals surface area contributed by atoms with Crippen LogP contribution in [0.25, 0.3) is 0 Å². The second-order valence-corrected chi connectivity index (χ2v) is 5.38. The highest BCUT2D eigenvalue weighted by atomic mass is 32.1. The molecule has 0 fully saturated rings. The van der Waals surface area contributed by atoms with E-state index >= 15 is 0 Å². The van der Waals surface area contributed by atoms with Crippen molar-refractivity contribution in [3.63, 3.8) is 0 Å². The number of carbonyl (C=O) groups excluding carboxylic acids is 2. The van der Waals surface area contributed by atoms with Crippen LogP contribution in [-0.2, 0) is 6.42 Å². The van der Waals surface area contributed by atoms with Gasteiger partial charge in [-0.25, -0.2) is 4.79 Å². The Morgan fingerprint density at radius 2 is 2.11 bits per heavy atom. The van der Waals surface area contributed by atoms with Gasteiger partial charge in [-0.2, -0.15) is 0 Å². The highest BCUT2D eigenvalue weighted by Crippen LogP contribution is 2.24. The van der Waals surface area contributed by atoms with Crippen molar-refractivity contribution in [1.82, 2.24) is 0 Å². The average Bonchev–Trinajstić information content (AvgIpc) is 2.92. The number of ketones is 1. The summed E-state index contributed by atoms with van der Waals surface area (Å²) in [4.78, 5) is 23.8. The summed E-state index contributed by atoms with van der Waals surface area (Å²) in [5, 5.41) is 2.41. The summed E-state index contributed by atoms with van der Waals surface area (Å²) < 4.78 is 5.23. The highest BCUT2D eigenvalue weighted by molar-refractivity contribution is 7.11. The molecule has 1 aromatic heterocycles. The standard InChI is InChI=1S/C15H12O3S/c16-13-4-1-3-10-6-7-11(9-12(10)13)15(17)18-14-5-2-8-19-14/h2,5-9H,1,3-4H2. The van der Waals surface area contributed by atoms with Crippen LogP contribution in [0, 0.1) is 0 Å². The molecule has 0 atom stereocenters. The maximum atomic E-state index is 12.0. The smallest absolute Gasteiger partial charge is 0.344 e. The molecule has 0 N–H and O–H groups in total. The zero-order chi connectivity index (χ0) is 13.2. The SMILES string of the molecule is O=C(Oc1cccs1)c1ccc2c(c1)C(=O)CCC2. The Kier molecular flexibility index (Phi) is 3.17. The Hall–Kier alpha value is -1.94. The van der Waals surface area contributed by atoms with Crippen molar-refractivity contribution in [3.8, 4) is 5.06 Å². The number of Topliss-reactive ketones (excluding diaryl/α,β-unsaturated/α-hetero) is 1. The zero-order valence-electron chi connectivity index (χ0n) is 10.2. The van der Waals surface area contributed by atoms with Gasteiger partial charge in [0.2, 0.25) is 0 Å². The fourth-order valence-corrected chi connectivity index (χ4v) is 2.80. The van der Waals surface area contributed by atoms with Gasteiger partial charge < -0.3 is 4.74 Å². The van der Waals surface area contributed by atoms with Crippen molar-refractivity contribution in [2.24, 2.45) is 0 Å². The van der Waals surface area contributed by atoms with E-state index in [0.717, 1.165) is 18.4 Å². The van der Waals surface area contributed by atoms with Gasteiger partial charge in [0.1, 0.15) is 0 Å². The van der Waals surface area contributed by atoms with Gasteiger partial charge >= 0.3 is 5.97 Å². The predicted molar refractivity (Wildman–Crippen MR) is 73.0 cm³/mol. The molecule has 1 heterocycles. The third kappa shape index (κ3) is 2.44. The van der Waals surface area contributed by atoms with Crippen molar-refractivity contribution in [3.05, 3.63) is 52.4 Å². The van der Waals surface area contributed by atoms with Gasteiger partial charge in [-0.05, 0) is 48.1 Å². The van der Waals surface area contributed by atoms with E-state index in [-0.39, 0.29) is 5.78 Å². The molecule has 3 rings (SSSR count). The first-order valence-corrected chi connectivity index (χ1v) is 7.04. The van der Waals surface area contributed by atoms with Crippen LogP contribution in [-0.4, -0.2) is 11.8 Å². The molecule has 0 aliphatic heterocycles. The van der Waals surface area contributed by atoms with Crippen LogP contribution in [0.15, 0.2) is 35.7 Å². The number of esters is 1. The Morgan fingerprint density at radius 1 is 1.21 bits per heavy atom. The van der Waals surface area contributed by atoms with Crippen LogP contribution < -0.4 is 4.74 Å². The third-order valence-corrected chi connectivity index (χ3v) is 3.93. The molecule has 3 nitrogen and oxygen atoms in total. The topological polar surface area (TPSA) is 43.4 Å². The van der Waals surface area contributed by atoms with Crippen molar-refractivity contribution in [1.29, 1.82) is 0 Å². The van der Waals surface area contributed by atoms with Gasteiger partial charge in [0.25, 0.3) is 0 Å². The largest absolute Gasteiger partial charge is 0.412 e. The number of aryl methyl sites for hydroxylation is 1. The number of fused-ring (bicyclic) bond motifs is 1. The van der Waals surface area contributed by atoms with Crippen molar-refractivity contribution >= 4 is 23.1 Å². The summed E-state index contributed by atoms with van der Waals surface area (Å²) >= 11 is 1.37. The summed E-state index contributed by atoms with van der Waals surface area (Å²) in [6, 6.07) is 8.81. The second-order valence-electron chi connectivity index (χ2n) is 4.47. The quantitative estimate of drug-likeness (QED) is 0.786. The lowest BCUT2D eigenvalue weighted by Gasteiger charge is -2.15. The normalized spacial score (nSPS) is 14.0. The minimum Gasteiger partial charge on any atom is -0.412 e. The molecule has 96 valence electrons. The summed E-state index contributed by atoms with van der Waals surface area (Å²) in [7, 11) is 0. The lowest BCUT2D eigenvalue weighted by atomic mass is 9.89. The molecule has 1 aliphatic rings. The monoisotopic (exact) mass is 272 g/mol. The molecule has 0 saturated carbocycles. The van der Waals surface area contributed by atoms with Crippen molar-refractivity contribution < 1.29 is 14.3 Å². The molecule has 0 bridgehead atoms. The molecular formula is C15H12O3S. The van der Waals surface area contributed by atoms with Crippen molar-refractivity contribution in [2.75, 3.05) is 0 Å². The number of thiophene rings is 1. The maximum Gasteiger partial charge on any atom is 0.344 e. The van der Waals surface area contributed by atoms with E-state index < -0.39 is 5.97 Å². The predicted octanol–water partition coefficient (Wildman–Crippen LogP) is 3.49. The van der Waals surface area contributed by atoms with E-state index in [1.165, 1.54) is 11.3 Å². The third-order valence-electron chi connectivity index (χ3n) is 3.18. The first-order chi connectivity index (χ1) is 9.24. The number of ether oxygens (including phenoxy) is 1. The number of rotatable bonds is 2. The molecule has 2 aromatic rings. The molecule has 1 aromatic carbocycles. The van der Waals surface area contributed by atoms with Gasteiger partial charge in [0.05, 0.1) is 5.56 Å². The highest BCUT2D eigenvalue weighted by Gasteiger charge is 2.19. The van der Waals surface area contributed by atoms with Gasteiger partial charge in [0.15, 0.2) is 10.8 Å². The Morgan fingerprint density at radius 3 is 2.89 bits per heavy atom. The second kappa shape index (κ2) is 4.97. The van der Waals surface area contributed by atoms with Gasteiger partial charge in [-0.15, -0.1) is 11.3 Å². The van der Waals surface area contributed by atoms with Crippen LogP contribution in [0.3, 0.4) is 0 Å². The van der Waals surface area contributed by atoms with E-state index in [1.54, 1.807) is 18.2 Å². The van der Waals surface area contributed by atoms with E-state index in [4.69, 9.17) is 4.74 Å².